The van der Waals surface area contributed by atoms with Crippen molar-refractivity contribution in [3.05, 3.63) is 59.8 Å². The average molecular weight is 399 g/mol. The van der Waals surface area contributed by atoms with E-state index in [1.807, 2.05) is 30.3 Å². The van der Waals surface area contributed by atoms with Crippen molar-refractivity contribution < 1.29 is 23.9 Å². The number of aromatic nitrogens is 1. The molecule has 1 aromatic heterocycles. The minimum atomic E-state index is -0.961. The number of nitrogens with one attached hydrogen (secondary N) is 2. The Morgan fingerprint density at radius 2 is 1.69 bits per heavy atom. The molecule has 0 spiro atoms. The monoisotopic (exact) mass is 399 g/mol. The van der Waals surface area contributed by atoms with Gasteiger partial charge in [-0.3, -0.25) is 9.59 Å². The first-order valence-electron chi connectivity index (χ1n) is 9.11. The fourth-order valence-corrected chi connectivity index (χ4v) is 2.90. The van der Waals surface area contributed by atoms with Crippen LogP contribution in [0.5, 0.6) is 5.88 Å². The van der Waals surface area contributed by atoms with E-state index in [1.54, 1.807) is 18.3 Å². The molecule has 2 atom stereocenters. The maximum Gasteiger partial charge on any atom is 0.328 e. The molecule has 0 aliphatic carbocycles. The molecule has 8 nitrogen and oxygen atoms in total. The van der Waals surface area contributed by atoms with Crippen LogP contribution in [-0.2, 0) is 32.0 Å². The molecule has 0 saturated carbocycles. The number of methoxy groups -OCH3 is 2. The molecule has 2 aromatic rings. The van der Waals surface area contributed by atoms with E-state index in [-0.39, 0.29) is 18.7 Å². The number of ether oxygens (including phenoxy) is 2. The van der Waals surface area contributed by atoms with Gasteiger partial charge in [-0.2, -0.15) is 0 Å². The normalized spacial score (nSPS) is 12.4. The van der Waals surface area contributed by atoms with Gasteiger partial charge in [0.25, 0.3) is 0 Å². The second-order valence-electron chi connectivity index (χ2n) is 6.40. The topological polar surface area (TPSA) is 107 Å². The summed E-state index contributed by atoms with van der Waals surface area (Å²) in [6.07, 6.45) is 1.99. The van der Waals surface area contributed by atoms with Crippen molar-refractivity contribution in [3.8, 4) is 5.88 Å². The van der Waals surface area contributed by atoms with Gasteiger partial charge in [-0.05, 0) is 11.6 Å². The fourth-order valence-electron chi connectivity index (χ4n) is 2.90. The molecule has 29 heavy (non-hydrogen) atoms. The Balaban J connectivity index is 2.19. The van der Waals surface area contributed by atoms with E-state index in [2.05, 4.69) is 15.6 Å². The highest BCUT2D eigenvalue weighted by Crippen LogP contribution is 2.16. The highest BCUT2D eigenvalue weighted by Gasteiger charge is 2.28. The van der Waals surface area contributed by atoms with Gasteiger partial charge in [0.1, 0.15) is 12.1 Å². The lowest BCUT2D eigenvalue weighted by molar-refractivity contribution is -0.145. The van der Waals surface area contributed by atoms with E-state index < -0.39 is 24.0 Å². The number of pyridine rings is 1. The van der Waals surface area contributed by atoms with Crippen molar-refractivity contribution in [3.63, 3.8) is 0 Å². The predicted molar refractivity (Wildman–Crippen MR) is 106 cm³/mol. The van der Waals surface area contributed by atoms with Crippen molar-refractivity contribution in [2.45, 2.75) is 31.8 Å². The van der Waals surface area contributed by atoms with Crippen molar-refractivity contribution >= 4 is 17.8 Å². The fraction of sp³-hybridized carbons (Fsp3) is 0.333. The van der Waals surface area contributed by atoms with E-state index in [4.69, 9.17) is 9.47 Å². The summed E-state index contributed by atoms with van der Waals surface area (Å²) in [5.74, 6) is -1.07. The zero-order valence-corrected chi connectivity index (χ0v) is 16.7. The van der Waals surface area contributed by atoms with Gasteiger partial charge in [-0.15, -0.1) is 0 Å². The molecule has 0 aliphatic heterocycles. The number of carbonyl (C=O) groups excluding carboxylic acids is 3. The second-order valence-corrected chi connectivity index (χ2v) is 6.40. The van der Waals surface area contributed by atoms with Gasteiger partial charge < -0.3 is 20.1 Å². The van der Waals surface area contributed by atoms with Gasteiger partial charge in [-0.1, -0.05) is 36.4 Å². The molecule has 2 N–H and O–H groups in total. The molecule has 0 saturated heterocycles. The van der Waals surface area contributed by atoms with Gasteiger partial charge >= 0.3 is 5.97 Å². The first-order valence-corrected chi connectivity index (χ1v) is 9.11. The van der Waals surface area contributed by atoms with Crippen molar-refractivity contribution in [2.75, 3.05) is 14.2 Å². The van der Waals surface area contributed by atoms with Crippen LogP contribution in [0.4, 0.5) is 0 Å². The third-order valence-corrected chi connectivity index (χ3v) is 4.25. The molecular formula is C21H25N3O5. The molecule has 0 aliphatic rings. The van der Waals surface area contributed by atoms with E-state index in [1.165, 1.54) is 21.1 Å². The summed E-state index contributed by atoms with van der Waals surface area (Å²) in [5, 5.41) is 5.32. The Morgan fingerprint density at radius 1 is 0.966 bits per heavy atom. The lowest BCUT2D eigenvalue weighted by Crippen LogP contribution is -2.53. The van der Waals surface area contributed by atoms with Gasteiger partial charge in [-0.25, -0.2) is 9.78 Å². The molecular weight excluding hydrogens is 374 g/mol. The molecule has 154 valence electrons. The van der Waals surface area contributed by atoms with Crippen LogP contribution >= 0.6 is 0 Å². The molecule has 8 heteroatoms. The molecule has 1 heterocycles. The van der Waals surface area contributed by atoms with Crippen LogP contribution in [-0.4, -0.2) is 49.1 Å². The average Bonchev–Trinajstić information content (AvgIpc) is 2.73. The number of hydrogen-bond acceptors (Lipinski definition) is 6. The highest BCUT2D eigenvalue weighted by molar-refractivity contribution is 5.90. The lowest BCUT2D eigenvalue weighted by Gasteiger charge is -2.22. The van der Waals surface area contributed by atoms with Crippen LogP contribution < -0.4 is 15.4 Å². The molecule has 1 aromatic carbocycles. The van der Waals surface area contributed by atoms with Gasteiger partial charge in [0, 0.05) is 31.5 Å². The van der Waals surface area contributed by atoms with E-state index in [0.29, 0.717) is 11.4 Å². The Morgan fingerprint density at radius 3 is 2.31 bits per heavy atom. The molecule has 0 unspecified atom stereocenters. The third kappa shape index (κ3) is 6.60. The molecule has 0 radical (unpaired) electrons. The number of nitrogens with zero attached hydrogens (tertiary/aromatic N) is 1. The number of amides is 2. The van der Waals surface area contributed by atoms with Gasteiger partial charge in [0.2, 0.25) is 17.7 Å². The van der Waals surface area contributed by atoms with E-state index in [0.717, 1.165) is 5.56 Å². The first kappa shape index (κ1) is 21.9. The first-order chi connectivity index (χ1) is 13.9. The second kappa shape index (κ2) is 10.8. The van der Waals surface area contributed by atoms with E-state index >= 15 is 0 Å². The summed E-state index contributed by atoms with van der Waals surface area (Å²) >= 11 is 0. The molecule has 2 rings (SSSR count). The summed E-state index contributed by atoms with van der Waals surface area (Å²) in [7, 11) is 2.72. The maximum atomic E-state index is 12.9. The quantitative estimate of drug-likeness (QED) is 0.610. The van der Waals surface area contributed by atoms with Crippen LogP contribution in [0.15, 0.2) is 48.7 Å². The largest absolute Gasteiger partial charge is 0.481 e. The van der Waals surface area contributed by atoms with Crippen molar-refractivity contribution in [2.24, 2.45) is 0 Å². The zero-order chi connectivity index (χ0) is 21.2. The van der Waals surface area contributed by atoms with Crippen molar-refractivity contribution in [1.29, 1.82) is 0 Å². The smallest absolute Gasteiger partial charge is 0.328 e. The maximum absolute atomic E-state index is 12.9. The molecule has 0 bridgehead atoms. The zero-order valence-electron chi connectivity index (χ0n) is 16.7. The summed E-state index contributed by atoms with van der Waals surface area (Å²) in [6.45, 7) is 1.34. The highest BCUT2D eigenvalue weighted by atomic mass is 16.5. The number of benzene rings is 1. The Labute approximate surface area is 169 Å². The van der Waals surface area contributed by atoms with Crippen LogP contribution in [0.2, 0.25) is 0 Å². The molecule has 2 amide bonds. The standard InChI is InChI=1S/C21H25N3O5/c1-14(25)23-17(12-15-8-5-4-6-9-15)19(26)24-18(21(27)29-3)13-16-10-7-11-22-20(16)28-2/h4-11,17-18H,12-13H2,1-3H3,(H,23,25)(H,24,26)/t17-,18-/m1/s1. The lowest BCUT2D eigenvalue weighted by atomic mass is 10.0. The Kier molecular flexibility index (Phi) is 8.14. The summed E-state index contributed by atoms with van der Waals surface area (Å²) < 4.78 is 10.0. The minimum Gasteiger partial charge on any atom is -0.481 e. The van der Waals surface area contributed by atoms with Crippen LogP contribution in [0, 0.1) is 0 Å². The van der Waals surface area contributed by atoms with Crippen LogP contribution in [0.3, 0.4) is 0 Å². The van der Waals surface area contributed by atoms with Gasteiger partial charge in [0.15, 0.2) is 0 Å². The number of hydrogen-bond donors (Lipinski definition) is 2. The van der Waals surface area contributed by atoms with Crippen LogP contribution in [0.1, 0.15) is 18.1 Å². The van der Waals surface area contributed by atoms with Crippen LogP contribution in [0.25, 0.3) is 0 Å². The predicted octanol–water partition coefficient (Wildman–Crippen LogP) is 1.04. The summed E-state index contributed by atoms with van der Waals surface area (Å²) in [6, 6.07) is 11.0. The Bertz CT molecular complexity index is 841. The minimum absolute atomic E-state index is 0.132. The van der Waals surface area contributed by atoms with Crippen molar-refractivity contribution in [1.82, 2.24) is 15.6 Å². The van der Waals surface area contributed by atoms with E-state index in [9.17, 15) is 14.4 Å². The third-order valence-electron chi connectivity index (χ3n) is 4.25. The summed E-state index contributed by atoms with van der Waals surface area (Å²) in [4.78, 5) is 40.8. The SMILES string of the molecule is COC(=O)[C@@H](Cc1cccnc1OC)NC(=O)[C@@H](Cc1ccccc1)NC(C)=O. The number of esters is 1. The number of carbonyl (C=O) groups is 3. The molecule has 0 fully saturated rings. The summed E-state index contributed by atoms with van der Waals surface area (Å²) in [5.41, 5.74) is 1.52. The Hall–Kier alpha value is -3.42. The van der Waals surface area contributed by atoms with Gasteiger partial charge in [0.05, 0.1) is 14.2 Å². The number of rotatable bonds is 9.